The molecule has 0 atom stereocenters. The molecule has 0 spiro atoms. The van der Waals surface area contributed by atoms with Crippen LogP contribution in [0, 0.1) is 0 Å². The maximum absolute atomic E-state index is 6.08. The van der Waals surface area contributed by atoms with Crippen molar-refractivity contribution in [3.8, 4) is 0 Å². The predicted octanol–water partition coefficient (Wildman–Crippen LogP) is 3.03. The molecule has 0 amide bonds. The minimum Gasteiger partial charge on any atom is -0.379 e. The number of ether oxygens (including phenoxy) is 1. The van der Waals surface area contributed by atoms with E-state index in [1.807, 2.05) is 31.3 Å². The van der Waals surface area contributed by atoms with Crippen molar-refractivity contribution in [2.45, 2.75) is 6.54 Å². The Morgan fingerprint density at radius 3 is 2.69 bits per heavy atom. The number of alkyl halides is 1. The molecule has 90 valence electrons. The fraction of sp³-hybridized carbons (Fsp3) is 0.500. The van der Waals surface area contributed by atoms with E-state index in [4.69, 9.17) is 27.9 Å². The summed E-state index contributed by atoms with van der Waals surface area (Å²) in [7, 11) is 2.05. The molecule has 0 bridgehead atoms. The summed E-state index contributed by atoms with van der Waals surface area (Å²) in [5.41, 5.74) is 1.14. The largest absolute Gasteiger partial charge is 0.379 e. The first kappa shape index (κ1) is 13.8. The maximum Gasteiger partial charge on any atom is 0.0602 e. The number of nitrogens with zero attached hydrogens (tertiary/aromatic N) is 1. The van der Waals surface area contributed by atoms with Crippen LogP contribution in [0.3, 0.4) is 0 Å². The van der Waals surface area contributed by atoms with Crippen molar-refractivity contribution < 1.29 is 4.74 Å². The molecule has 0 heterocycles. The van der Waals surface area contributed by atoms with Gasteiger partial charge in [0.1, 0.15) is 0 Å². The Kier molecular flexibility index (Phi) is 6.81. The standard InChI is InChI=1S/C12H17Cl2NO/c1-15(7-9-16-8-6-13)10-11-4-2-3-5-12(11)14/h2-5H,6-10H2,1H3. The molecule has 2 nitrogen and oxygen atoms in total. The van der Waals surface area contributed by atoms with Crippen LogP contribution in [0.5, 0.6) is 0 Å². The van der Waals surface area contributed by atoms with Gasteiger partial charge in [-0.05, 0) is 18.7 Å². The molecule has 0 N–H and O–H groups in total. The zero-order valence-corrected chi connectivity index (χ0v) is 11.0. The van der Waals surface area contributed by atoms with Crippen LogP contribution in [-0.4, -0.2) is 37.6 Å². The van der Waals surface area contributed by atoms with Gasteiger partial charge in [-0.25, -0.2) is 0 Å². The number of hydrogen-bond acceptors (Lipinski definition) is 2. The van der Waals surface area contributed by atoms with E-state index >= 15 is 0 Å². The van der Waals surface area contributed by atoms with Gasteiger partial charge in [-0.1, -0.05) is 29.8 Å². The average molecular weight is 262 g/mol. The Labute approximate surface area is 107 Å². The lowest BCUT2D eigenvalue weighted by Gasteiger charge is -2.17. The molecule has 0 fully saturated rings. The lowest BCUT2D eigenvalue weighted by molar-refractivity contribution is 0.122. The van der Waals surface area contributed by atoms with Gasteiger partial charge in [-0.15, -0.1) is 11.6 Å². The van der Waals surface area contributed by atoms with Crippen molar-refractivity contribution in [3.05, 3.63) is 34.9 Å². The van der Waals surface area contributed by atoms with Crippen molar-refractivity contribution in [2.24, 2.45) is 0 Å². The number of halogens is 2. The molecule has 0 aliphatic heterocycles. The first-order valence-electron chi connectivity index (χ1n) is 5.29. The lowest BCUT2D eigenvalue weighted by atomic mass is 10.2. The third-order valence-corrected chi connectivity index (χ3v) is 2.76. The summed E-state index contributed by atoms with van der Waals surface area (Å²) >= 11 is 11.6. The summed E-state index contributed by atoms with van der Waals surface area (Å²) in [6.45, 7) is 3.03. The minimum absolute atomic E-state index is 0.550. The fourth-order valence-electron chi connectivity index (χ4n) is 1.37. The van der Waals surface area contributed by atoms with Crippen LogP contribution >= 0.6 is 23.2 Å². The summed E-state index contributed by atoms with van der Waals surface area (Å²) in [6.07, 6.45) is 0. The Morgan fingerprint density at radius 1 is 1.25 bits per heavy atom. The second-order valence-electron chi connectivity index (χ2n) is 3.63. The number of likely N-dealkylation sites (N-methyl/N-ethyl adjacent to an activating group) is 1. The summed E-state index contributed by atoms with van der Waals surface area (Å²) < 4.78 is 5.31. The molecule has 0 aliphatic carbocycles. The van der Waals surface area contributed by atoms with Gasteiger partial charge in [0.2, 0.25) is 0 Å². The second kappa shape index (κ2) is 7.91. The summed E-state index contributed by atoms with van der Waals surface area (Å²) in [4.78, 5) is 2.18. The molecular formula is C12H17Cl2NO. The molecule has 0 saturated carbocycles. The monoisotopic (exact) mass is 261 g/mol. The minimum atomic E-state index is 0.550. The van der Waals surface area contributed by atoms with Gasteiger partial charge >= 0.3 is 0 Å². The van der Waals surface area contributed by atoms with E-state index in [1.165, 1.54) is 0 Å². The molecule has 16 heavy (non-hydrogen) atoms. The Bertz CT molecular complexity index is 307. The van der Waals surface area contributed by atoms with E-state index in [0.29, 0.717) is 19.1 Å². The zero-order chi connectivity index (χ0) is 11.8. The molecule has 4 heteroatoms. The Morgan fingerprint density at radius 2 is 2.00 bits per heavy atom. The lowest BCUT2D eigenvalue weighted by Crippen LogP contribution is -2.23. The molecule has 0 aliphatic rings. The number of benzene rings is 1. The molecule has 0 aromatic heterocycles. The molecule has 0 unspecified atom stereocenters. The highest BCUT2D eigenvalue weighted by atomic mass is 35.5. The zero-order valence-electron chi connectivity index (χ0n) is 9.46. The van der Waals surface area contributed by atoms with Gasteiger partial charge in [-0.3, -0.25) is 4.90 Å². The van der Waals surface area contributed by atoms with Crippen LogP contribution in [0.15, 0.2) is 24.3 Å². The SMILES string of the molecule is CN(CCOCCCl)Cc1ccccc1Cl. The molecular weight excluding hydrogens is 245 g/mol. The topological polar surface area (TPSA) is 12.5 Å². The van der Waals surface area contributed by atoms with Gasteiger partial charge in [-0.2, -0.15) is 0 Å². The van der Waals surface area contributed by atoms with Gasteiger partial charge < -0.3 is 4.74 Å². The predicted molar refractivity (Wildman–Crippen MR) is 69.3 cm³/mol. The normalized spacial score (nSPS) is 11.0. The van der Waals surface area contributed by atoms with Gasteiger partial charge in [0.15, 0.2) is 0 Å². The second-order valence-corrected chi connectivity index (χ2v) is 4.42. The average Bonchev–Trinajstić information content (AvgIpc) is 2.28. The van der Waals surface area contributed by atoms with Crippen molar-refractivity contribution in [2.75, 3.05) is 32.7 Å². The Balaban J connectivity index is 2.28. The van der Waals surface area contributed by atoms with Crippen molar-refractivity contribution >= 4 is 23.2 Å². The third-order valence-electron chi connectivity index (χ3n) is 2.24. The van der Waals surface area contributed by atoms with Gasteiger partial charge in [0.25, 0.3) is 0 Å². The highest BCUT2D eigenvalue weighted by Crippen LogP contribution is 2.16. The van der Waals surface area contributed by atoms with Crippen LogP contribution < -0.4 is 0 Å². The van der Waals surface area contributed by atoms with Crippen LogP contribution in [0.25, 0.3) is 0 Å². The molecule has 1 rings (SSSR count). The van der Waals surface area contributed by atoms with Crippen LogP contribution in [0.1, 0.15) is 5.56 Å². The number of hydrogen-bond donors (Lipinski definition) is 0. The van der Waals surface area contributed by atoms with E-state index in [2.05, 4.69) is 4.90 Å². The van der Waals surface area contributed by atoms with Crippen molar-refractivity contribution in [1.29, 1.82) is 0 Å². The Hall–Kier alpha value is -0.280. The van der Waals surface area contributed by atoms with E-state index < -0.39 is 0 Å². The van der Waals surface area contributed by atoms with Crippen LogP contribution in [-0.2, 0) is 11.3 Å². The quantitative estimate of drug-likeness (QED) is 0.553. The summed E-state index contributed by atoms with van der Waals surface area (Å²) in [6, 6.07) is 7.89. The molecule has 0 saturated heterocycles. The summed E-state index contributed by atoms with van der Waals surface area (Å²) in [5.74, 6) is 0.550. The van der Waals surface area contributed by atoms with E-state index in [9.17, 15) is 0 Å². The van der Waals surface area contributed by atoms with E-state index in [0.717, 1.165) is 23.7 Å². The van der Waals surface area contributed by atoms with Gasteiger partial charge in [0.05, 0.1) is 13.2 Å². The first-order valence-corrected chi connectivity index (χ1v) is 6.21. The van der Waals surface area contributed by atoms with Crippen molar-refractivity contribution in [1.82, 2.24) is 4.90 Å². The van der Waals surface area contributed by atoms with E-state index in [-0.39, 0.29) is 0 Å². The van der Waals surface area contributed by atoms with Crippen LogP contribution in [0.2, 0.25) is 5.02 Å². The molecule has 0 radical (unpaired) electrons. The fourth-order valence-corrected chi connectivity index (χ4v) is 1.68. The first-order chi connectivity index (χ1) is 7.74. The highest BCUT2D eigenvalue weighted by Gasteiger charge is 2.03. The third kappa shape index (κ3) is 5.17. The maximum atomic E-state index is 6.08. The van der Waals surface area contributed by atoms with Gasteiger partial charge in [0, 0.05) is 24.0 Å². The van der Waals surface area contributed by atoms with Crippen LogP contribution in [0.4, 0.5) is 0 Å². The highest BCUT2D eigenvalue weighted by molar-refractivity contribution is 6.31. The van der Waals surface area contributed by atoms with E-state index in [1.54, 1.807) is 0 Å². The molecule has 1 aromatic carbocycles. The van der Waals surface area contributed by atoms with Crippen molar-refractivity contribution in [3.63, 3.8) is 0 Å². The number of rotatable bonds is 7. The molecule has 1 aromatic rings. The summed E-state index contributed by atoms with van der Waals surface area (Å²) in [5, 5.41) is 0.816. The smallest absolute Gasteiger partial charge is 0.0602 e.